The van der Waals surface area contributed by atoms with Crippen molar-refractivity contribution >= 4 is 5.97 Å². The summed E-state index contributed by atoms with van der Waals surface area (Å²) in [5, 5.41) is 10.6. The molecular formula is C21H27NO5. The summed E-state index contributed by atoms with van der Waals surface area (Å²) in [4.78, 5) is 13.5. The van der Waals surface area contributed by atoms with Gasteiger partial charge in [0.2, 0.25) is 0 Å². The summed E-state index contributed by atoms with van der Waals surface area (Å²) in [6.07, 6.45) is 3.76. The summed E-state index contributed by atoms with van der Waals surface area (Å²) in [6, 6.07) is 4.19. The van der Waals surface area contributed by atoms with Crippen LogP contribution in [0.15, 0.2) is 24.3 Å². The maximum Gasteiger partial charge on any atom is 0.303 e. The molecule has 0 aromatic heterocycles. The second-order valence-electron chi connectivity index (χ2n) is 7.79. The number of aliphatic hydroxyl groups excluding tert-OH is 1. The van der Waals surface area contributed by atoms with E-state index in [1.807, 2.05) is 12.1 Å². The predicted molar refractivity (Wildman–Crippen MR) is 99.9 cm³/mol. The number of ether oxygens (including phenoxy) is 3. The molecule has 0 radical (unpaired) electrons. The third-order valence-electron chi connectivity index (χ3n) is 6.47. The van der Waals surface area contributed by atoms with Gasteiger partial charge in [-0.15, -0.1) is 0 Å². The first kappa shape index (κ1) is 18.3. The first-order chi connectivity index (χ1) is 12.9. The van der Waals surface area contributed by atoms with Crippen LogP contribution in [0, 0.1) is 5.92 Å². The number of hydrogen-bond acceptors (Lipinski definition) is 6. The second kappa shape index (κ2) is 6.53. The summed E-state index contributed by atoms with van der Waals surface area (Å²) in [7, 11) is 1.64. The van der Waals surface area contributed by atoms with Gasteiger partial charge >= 0.3 is 5.97 Å². The summed E-state index contributed by atoms with van der Waals surface area (Å²) in [5.41, 5.74) is 2.00. The SMILES string of the molecule is CCN(COC(C)=O)C1Cc2ccc(OC)c3c2[C@]2(C)[C@H]1C=C[C@H](O)[C@@H]2O3. The number of benzene rings is 1. The minimum atomic E-state index is -0.668. The minimum Gasteiger partial charge on any atom is -0.493 e. The Morgan fingerprint density at radius 2 is 2.19 bits per heavy atom. The smallest absolute Gasteiger partial charge is 0.303 e. The van der Waals surface area contributed by atoms with Gasteiger partial charge < -0.3 is 19.3 Å². The zero-order chi connectivity index (χ0) is 19.3. The average molecular weight is 373 g/mol. The fourth-order valence-corrected chi connectivity index (χ4v) is 5.18. The van der Waals surface area contributed by atoms with Crippen molar-refractivity contribution in [1.29, 1.82) is 0 Å². The van der Waals surface area contributed by atoms with Gasteiger partial charge in [-0.3, -0.25) is 9.69 Å². The van der Waals surface area contributed by atoms with Crippen LogP contribution in [0.3, 0.4) is 0 Å². The molecule has 2 aliphatic carbocycles. The quantitative estimate of drug-likeness (QED) is 0.484. The molecular weight excluding hydrogens is 346 g/mol. The van der Waals surface area contributed by atoms with Crippen LogP contribution >= 0.6 is 0 Å². The molecule has 1 N–H and O–H groups in total. The van der Waals surface area contributed by atoms with Gasteiger partial charge in [0.15, 0.2) is 11.5 Å². The number of carbonyl (C=O) groups excluding carboxylic acids is 1. The van der Waals surface area contributed by atoms with Gasteiger partial charge in [-0.25, -0.2) is 0 Å². The Morgan fingerprint density at radius 3 is 2.85 bits per heavy atom. The van der Waals surface area contributed by atoms with Crippen molar-refractivity contribution < 1.29 is 24.1 Å². The highest BCUT2D eigenvalue weighted by atomic mass is 16.5. The lowest BCUT2D eigenvalue weighted by Crippen LogP contribution is -2.59. The van der Waals surface area contributed by atoms with Gasteiger partial charge in [0.25, 0.3) is 0 Å². The number of hydrogen-bond donors (Lipinski definition) is 1. The molecule has 1 aromatic rings. The Balaban J connectivity index is 1.81. The lowest BCUT2D eigenvalue weighted by molar-refractivity contribution is -0.147. The monoisotopic (exact) mass is 373 g/mol. The number of likely N-dealkylation sites (N-methyl/N-ethyl adjacent to an activating group) is 1. The van der Waals surface area contributed by atoms with E-state index in [0.717, 1.165) is 24.3 Å². The molecule has 0 fully saturated rings. The van der Waals surface area contributed by atoms with E-state index in [-0.39, 0.29) is 36.2 Å². The molecule has 1 aliphatic heterocycles. The predicted octanol–water partition coefficient (Wildman–Crippen LogP) is 2.03. The van der Waals surface area contributed by atoms with E-state index in [2.05, 4.69) is 30.9 Å². The van der Waals surface area contributed by atoms with Crippen LogP contribution in [-0.4, -0.2) is 54.6 Å². The Labute approximate surface area is 159 Å². The van der Waals surface area contributed by atoms with Crippen LogP contribution in [-0.2, 0) is 21.4 Å². The third-order valence-corrected chi connectivity index (χ3v) is 6.47. The number of methoxy groups -OCH3 is 1. The summed E-state index contributed by atoms with van der Waals surface area (Å²) < 4.78 is 17.1. The third kappa shape index (κ3) is 2.57. The highest BCUT2D eigenvalue weighted by molar-refractivity contribution is 5.65. The number of rotatable bonds is 5. The minimum absolute atomic E-state index is 0.141. The summed E-state index contributed by atoms with van der Waals surface area (Å²) in [5.74, 6) is 1.33. The van der Waals surface area contributed by atoms with Crippen molar-refractivity contribution in [2.45, 2.75) is 50.9 Å². The van der Waals surface area contributed by atoms with Crippen LogP contribution in [0.4, 0.5) is 0 Å². The molecule has 6 nitrogen and oxygen atoms in total. The highest BCUT2D eigenvalue weighted by Crippen LogP contribution is 2.59. The highest BCUT2D eigenvalue weighted by Gasteiger charge is 2.60. The molecule has 1 unspecified atom stereocenters. The molecule has 4 rings (SSSR count). The van der Waals surface area contributed by atoms with Crippen LogP contribution in [0.5, 0.6) is 11.5 Å². The van der Waals surface area contributed by atoms with Crippen LogP contribution in [0.25, 0.3) is 0 Å². The standard InChI is InChI=1S/C21H27NO5/c1-5-22(11-26-12(2)23)15-10-13-6-9-17(25-4)19-18(13)21(3)14(15)7-8-16(24)20(21)27-19/h6-9,14-16,20,24H,5,10-11H2,1-4H3/t14-,15?,16-,20-,21-/m0/s1. The van der Waals surface area contributed by atoms with Crippen molar-refractivity contribution in [3.8, 4) is 11.5 Å². The molecule has 0 amide bonds. The number of carbonyl (C=O) groups is 1. The molecule has 0 bridgehead atoms. The Bertz CT molecular complexity index is 791. The zero-order valence-electron chi connectivity index (χ0n) is 16.3. The van der Waals surface area contributed by atoms with Crippen molar-refractivity contribution in [2.75, 3.05) is 20.4 Å². The van der Waals surface area contributed by atoms with E-state index in [4.69, 9.17) is 14.2 Å². The molecule has 0 saturated carbocycles. The first-order valence-electron chi connectivity index (χ1n) is 9.52. The van der Waals surface area contributed by atoms with Crippen molar-refractivity contribution in [1.82, 2.24) is 4.90 Å². The molecule has 3 aliphatic rings. The normalized spacial score (nSPS) is 32.8. The Morgan fingerprint density at radius 1 is 1.41 bits per heavy atom. The fraction of sp³-hybridized carbons (Fsp3) is 0.571. The maximum atomic E-state index is 11.3. The number of esters is 1. The van der Waals surface area contributed by atoms with Crippen LogP contribution in [0.1, 0.15) is 31.9 Å². The number of aliphatic hydroxyl groups is 1. The molecule has 1 aromatic carbocycles. The zero-order valence-corrected chi connectivity index (χ0v) is 16.3. The molecule has 0 spiro atoms. The molecule has 5 atom stereocenters. The van der Waals surface area contributed by atoms with Crippen LogP contribution in [0.2, 0.25) is 0 Å². The lowest BCUT2D eigenvalue weighted by Gasteiger charge is -2.50. The molecule has 1 heterocycles. The summed E-state index contributed by atoms with van der Waals surface area (Å²) in [6.45, 7) is 6.72. The van der Waals surface area contributed by atoms with E-state index in [9.17, 15) is 9.90 Å². The van der Waals surface area contributed by atoms with Crippen LogP contribution < -0.4 is 9.47 Å². The molecule has 27 heavy (non-hydrogen) atoms. The fourth-order valence-electron chi connectivity index (χ4n) is 5.18. The summed E-state index contributed by atoms with van der Waals surface area (Å²) >= 11 is 0. The number of nitrogens with zero attached hydrogens (tertiary/aromatic N) is 1. The van der Waals surface area contributed by atoms with Gasteiger partial charge in [-0.05, 0) is 24.6 Å². The van der Waals surface area contributed by atoms with E-state index in [1.54, 1.807) is 7.11 Å². The molecule has 0 saturated heterocycles. The van der Waals surface area contributed by atoms with Gasteiger partial charge in [0.1, 0.15) is 18.9 Å². The Hall–Kier alpha value is -2.05. The topological polar surface area (TPSA) is 68.2 Å². The van der Waals surface area contributed by atoms with Crippen molar-refractivity contribution in [3.05, 3.63) is 35.4 Å². The van der Waals surface area contributed by atoms with Gasteiger partial charge in [-0.2, -0.15) is 0 Å². The average Bonchev–Trinajstić information content (AvgIpc) is 2.97. The van der Waals surface area contributed by atoms with Gasteiger partial charge in [0, 0.05) is 29.9 Å². The lowest BCUT2D eigenvalue weighted by atomic mass is 9.57. The largest absolute Gasteiger partial charge is 0.493 e. The Kier molecular flexibility index (Phi) is 4.43. The first-order valence-corrected chi connectivity index (χ1v) is 9.52. The van der Waals surface area contributed by atoms with E-state index >= 15 is 0 Å². The maximum absolute atomic E-state index is 11.3. The van der Waals surface area contributed by atoms with E-state index in [1.165, 1.54) is 12.5 Å². The van der Waals surface area contributed by atoms with Crippen molar-refractivity contribution in [2.24, 2.45) is 5.92 Å². The molecule has 6 heteroatoms. The van der Waals surface area contributed by atoms with Gasteiger partial charge in [0.05, 0.1) is 7.11 Å². The van der Waals surface area contributed by atoms with E-state index < -0.39 is 6.10 Å². The molecule has 146 valence electrons. The van der Waals surface area contributed by atoms with E-state index in [0.29, 0.717) is 5.75 Å². The second-order valence-corrected chi connectivity index (χ2v) is 7.79. The van der Waals surface area contributed by atoms with Crippen molar-refractivity contribution in [3.63, 3.8) is 0 Å². The van der Waals surface area contributed by atoms with Gasteiger partial charge in [-0.1, -0.05) is 32.1 Å².